The van der Waals surface area contributed by atoms with Gasteiger partial charge in [0.05, 0.1) is 0 Å². The molecule has 1 aromatic carbocycles. The van der Waals surface area contributed by atoms with E-state index in [1.165, 1.54) is 18.2 Å². The van der Waals surface area contributed by atoms with E-state index in [9.17, 15) is 14.0 Å². The summed E-state index contributed by atoms with van der Waals surface area (Å²) in [5, 5.41) is 5.60. The molecule has 2 atom stereocenters. The number of halogens is 2. The van der Waals surface area contributed by atoms with Gasteiger partial charge >= 0.3 is 0 Å². The van der Waals surface area contributed by atoms with Gasteiger partial charge in [0.15, 0.2) is 0 Å². The van der Waals surface area contributed by atoms with Crippen molar-refractivity contribution in [1.82, 2.24) is 10.6 Å². The van der Waals surface area contributed by atoms with Gasteiger partial charge in [0, 0.05) is 30.6 Å². The lowest BCUT2D eigenvalue weighted by Crippen LogP contribution is -2.38. The number of hydrogen-bond donors (Lipinski definition) is 3. The Morgan fingerprint density at radius 1 is 1.21 bits per heavy atom. The highest BCUT2D eigenvalue weighted by Crippen LogP contribution is 2.22. The first-order chi connectivity index (χ1) is 11.1. The van der Waals surface area contributed by atoms with Crippen molar-refractivity contribution in [3.8, 4) is 0 Å². The molecule has 0 aromatic heterocycles. The number of amides is 2. The van der Waals surface area contributed by atoms with Crippen LogP contribution in [-0.4, -0.2) is 30.9 Å². The summed E-state index contributed by atoms with van der Waals surface area (Å²) in [7, 11) is 0. The molecule has 5 nitrogen and oxygen atoms in total. The van der Waals surface area contributed by atoms with Gasteiger partial charge in [0.2, 0.25) is 5.91 Å². The molecule has 0 radical (unpaired) electrons. The Kier molecular flexibility index (Phi) is 8.71. The third-order valence-corrected chi connectivity index (χ3v) is 4.11. The molecule has 0 aliphatic heterocycles. The first-order valence-electron chi connectivity index (χ1n) is 8.13. The zero-order valence-electron chi connectivity index (χ0n) is 13.6. The molecule has 134 valence electrons. The average molecular weight is 358 g/mol. The summed E-state index contributed by atoms with van der Waals surface area (Å²) in [6, 6.07) is 5.68. The highest BCUT2D eigenvalue weighted by molar-refractivity contribution is 5.94. The molecule has 1 fully saturated rings. The van der Waals surface area contributed by atoms with E-state index in [2.05, 4.69) is 10.6 Å². The van der Waals surface area contributed by atoms with Crippen LogP contribution in [0.15, 0.2) is 24.3 Å². The second kappa shape index (κ2) is 10.3. The van der Waals surface area contributed by atoms with E-state index in [0.29, 0.717) is 25.1 Å². The Bertz CT molecular complexity index is 556. The molecule has 1 aliphatic rings. The fourth-order valence-corrected chi connectivity index (χ4v) is 2.84. The molecule has 4 N–H and O–H groups in total. The van der Waals surface area contributed by atoms with Crippen LogP contribution < -0.4 is 16.4 Å². The van der Waals surface area contributed by atoms with E-state index in [-0.39, 0.29) is 36.2 Å². The highest BCUT2D eigenvalue weighted by atomic mass is 35.5. The van der Waals surface area contributed by atoms with Crippen LogP contribution in [0.25, 0.3) is 0 Å². The van der Waals surface area contributed by atoms with Crippen molar-refractivity contribution < 1.29 is 14.0 Å². The summed E-state index contributed by atoms with van der Waals surface area (Å²) in [6.07, 6.45) is 4.28. The van der Waals surface area contributed by atoms with Crippen LogP contribution in [0.5, 0.6) is 0 Å². The van der Waals surface area contributed by atoms with Crippen molar-refractivity contribution in [2.45, 2.75) is 38.1 Å². The third-order valence-electron chi connectivity index (χ3n) is 4.11. The predicted molar refractivity (Wildman–Crippen MR) is 93.5 cm³/mol. The van der Waals surface area contributed by atoms with Crippen LogP contribution in [0.3, 0.4) is 0 Å². The van der Waals surface area contributed by atoms with Gasteiger partial charge in [-0.25, -0.2) is 4.39 Å². The van der Waals surface area contributed by atoms with Crippen molar-refractivity contribution in [3.63, 3.8) is 0 Å². The SMILES string of the molecule is Cl.NC1CCCC(C(=O)NCCCNC(=O)c2cccc(F)c2)C1. The second-order valence-electron chi connectivity index (χ2n) is 6.03. The Morgan fingerprint density at radius 3 is 2.67 bits per heavy atom. The molecule has 1 saturated carbocycles. The summed E-state index contributed by atoms with van der Waals surface area (Å²) in [6.45, 7) is 0.938. The number of rotatable bonds is 6. The van der Waals surface area contributed by atoms with E-state index in [1.807, 2.05) is 0 Å². The summed E-state index contributed by atoms with van der Waals surface area (Å²) in [5.74, 6) is -0.679. The quantitative estimate of drug-likeness (QED) is 0.681. The number of nitrogens with one attached hydrogen (secondary N) is 2. The van der Waals surface area contributed by atoms with Gasteiger partial charge in [-0.2, -0.15) is 0 Å². The lowest BCUT2D eigenvalue weighted by atomic mass is 9.85. The Balaban J connectivity index is 0.00000288. The smallest absolute Gasteiger partial charge is 0.251 e. The summed E-state index contributed by atoms with van der Waals surface area (Å²) in [5.41, 5.74) is 6.18. The molecule has 0 bridgehead atoms. The van der Waals surface area contributed by atoms with Gasteiger partial charge in [-0.3, -0.25) is 9.59 Å². The van der Waals surface area contributed by atoms with E-state index in [1.54, 1.807) is 6.07 Å². The maximum absolute atomic E-state index is 13.0. The minimum Gasteiger partial charge on any atom is -0.356 e. The number of benzene rings is 1. The molecule has 2 unspecified atom stereocenters. The maximum Gasteiger partial charge on any atom is 0.251 e. The zero-order valence-corrected chi connectivity index (χ0v) is 14.4. The molecule has 2 rings (SSSR count). The molecule has 2 amide bonds. The molecular weight excluding hydrogens is 333 g/mol. The highest BCUT2D eigenvalue weighted by Gasteiger charge is 2.24. The predicted octanol–water partition coefficient (Wildman–Crippen LogP) is 2.00. The number of carbonyl (C=O) groups excluding carboxylic acids is 2. The molecular formula is C17H25ClFN3O2. The van der Waals surface area contributed by atoms with Gasteiger partial charge in [-0.05, 0) is 43.9 Å². The standard InChI is InChI=1S/C17H24FN3O2.ClH/c18-14-6-1-4-12(10-14)16(22)20-8-3-9-21-17(23)13-5-2-7-15(19)11-13;/h1,4,6,10,13,15H,2-3,5,7-9,11,19H2,(H,20,22)(H,21,23);1H. The van der Waals surface area contributed by atoms with Gasteiger partial charge in [0.1, 0.15) is 5.82 Å². The lowest BCUT2D eigenvalue weighted by Gasteiger charge is -2.25. The van der Waals surface area contributed by atoms with Gasteiger partial charge in [0.25, 0.3) is 5.91 Å². The minimum absolute atomic E-state index is 0. The summed E-state index contributed by atoms with van der Waals surface area (Å²) in [4.78, 5) is 23.8. The van der Waals surface area contributed by atoms with E-state index in [4.69, 9.17) is 5.73 Å². The van der Waals surface area contributed by atoms with Crippen LogP contribution in [0, 0.1) is 11.7 Å². The van der Waals surface area contributed by atoms with Crippen LogP contribution in [-0.2, 0) is 4.79 Å². The van der Waals surface area contributed by atoms with Crippen molar-refractivity contribution in [2.24, 2.45) is 11.7 Å². The monoisotopic (exact) mass is 357 g/mol. The Hall–Kier alpha value is -1.66. The summed E-state index contributed by atoms with van der Waals surface area (Å²) >= 11 is 0. The topological polar surface area (TPSA) is 84.2 Å². The Labute approximate surface area is 148 Å². The number of nitrogens with two attached hydrogens (primary N) is 1. The van der Waals surface area contributed by atoms with Gasteiger partial charge < -0.3 is 16.4 Å². The van der Waals surface area contributed by atoms with E-state index < -0.39 is 5.82 Å². The van der Waals surface area contributed by atoms with Crippen molar-refractivity contribution in [2.75, 3.05) is 13.1 Å². The molecule has 1 aliphatic carbocycles. The molecule has 24 heavy (non-hydrogen) atoms. The number of carbonyl (C=O) groups is 2. The van der Waals surface area contributed by atoms with Crippen molar-refractivity contribution in [1.29, 1.82) is 0 Å². The molecule has 0 heterocycles. The fraction of sp³-hybridized carbons (Fsp3) is 0.529. The number of hydrogen-bond acceptors (Lipinski definition) is 3. The van der Waals surface area contributed by atoms with E-state index >= 15 is 0 Å². The third kappa shape index (κ3) is 6.45. The van der Waals surface area contributed by atoms with Crippen molar-refractivity contribution >= 4 is 24.2 Å². The van der Waals surface area contributed by atoms with Gasteiger partial charge in [-0.1, -0.05) is 12.5 Å². The molecule has 7 heteroatoms. The van der Waals surface area contributed by atoms with Gasteiger partial charge in [-0.15, -0.1) is 12.4 Å². The first kappa shape index (κ1) is 20.4. The fourth-order valence-electron chi connectivity index (χ4n) is 2.84. The normalized spacial score (nSPS) is 19.9. The largest absolute Gasteiger partial charge is 0.356 e. The summed E-state index contributed by atoms with van der Waals surface area (Å²) < 4.78 is 13.0. The van der Waals surface area contributed by atoms with Crippen LogP contribution in [0.1, 0.15) is 42.5 Å². The lowest BCUT2D eigenvalue weighted by molar-refractivity contribution is -0.126. The zero-order chi connectivity index (χ0) is 16.7. The van der Waals surface area contributed by atoms with Crippen LogP contribution in [0.4, 0.5) is 4.39 Å². The first-order valence-corrected chi connectivity index (χ1v) is 8.13. The van der Waals surface area contributed by atoms with Crippen molar-refractivity contribution in [3.05, 3.63) is 35.6 Å². The Morgan fingerprint density at radius 2 is 1.96 bits per heavy atom. The molecule has 0 saturated heterocycles. The molecule has 0 spiro atoms. The van der Waals surface area contributed by atoms with E-state index in [0.717, 1.165) is 25.7 Å². The second-order valence-corrected chi connectivity index (χ2v) is 6.03. The van der Waals surface area contributed by atoms with Crippen LogP contribution in [0.2, 0.25) is 0 Å². The minimum atomic E-state index is -0.435. The average Bonchev–Trinajstić information content (AvgIpc) is 2.54. The maximum atomic E-state index is 13.0. The van der Waals surface area contributed by atoms with Crippen LogP contribution >= 0.6 is 12.4 Å². The molecule has 1 aromatic rings.